The second-order valence-electron chi connectivity index (χ2n) is 4.75. The van der Waals surface area contributed by atoms with Crippen LogP contribution in [0.15, 0.2) is 30.3 Å². The zero-order chi connectivity index (χ0) is 13.7. The molecule has 18 heavy (non-hydrogen) atoms. The summed E-state index contributed by atoms with van der Waals surface area (Å²) >= 11 is 0. The third-order valence-electron chi connectivity index (χ3n) is 2.80. The minimum absolute atomic E-state index is 0.0675. The van der Waals surface area contributed by atoms with Gasteiger partial charge in [0.2, 0.25) is 5.91 Å². The first-order valence-electron chi connectivity index (χ1n) is 6.00. The highest BCUT2D eigenvalue weighted by Gasteiger charge is 2.27. The van der Waals surface area contributed by atoms with Gasteiger partial charge in [-0.15, -0.1) is 0 Å². The summed E-state index contributed by atoms with van der Waals surface area (Å²) in [5, 5.41) is 0. The van der Waals surface area contributed by atoms with E-state index in [4.69, 9.17) is 5.73 Å². The van der Waals surface area contributed by atoms with Gasteiger partial charge in [0.15, 0.2) is 5.78 Å². The van der Waals surface area contributed by atoms with Crippen molar-refractivity contribution in [3.63, 3.8) is 0 Å². The summed E-state index contributed by atoms with van der Waals surface area (Å²) in [5.74, 6) is -0.439. The number of amides is 1. The molecule has 0 saturated heterocycles. The summed E-state index contributed by atoms with van der Waals surface area (Å²) in [4.78, 5) is 25.0. The molecule has 0 radical (unpaired) electrons. The molecule has 0 heterocycles. The van der Waals surface area contributed by atoms with Crippen LogP contribution in [0.5, 0.6) is 0 Å². The quantitative estimate of drug-likeness (QED) is 0.827. The Hall–Kier alpha value is -1.68. The molecule has 1 amide bonds. The van der Waals surface area contributed by atoms with Gasteiger partial charge in [0.05, 0.1) is 12.6 Å². The van der Waals surface area contributed by atoms with E-state index in [1.165, 1.54) is 0 Å². The van der Waals surface area contributed by atoms with Gasteiger partial charge in [-0.3, -0.25) is 14.5 Å². The van der Waals surface area contributed by atoms with Crippen LogP contribution >= 0.6 is 0 Å². The molecule has 0 aliphatic rings. The minimum atomic E-state index is -0.435. The van der Waals surface area contributed by atoms with Crippen LogP contribution in [0.3, 0.4) is 0 Å². The maximum absolute atomic E-state index is 12.3. The molecule has 0 fully saturated rings. The van der Waals surface area contributed by atoms with Crippen molar-refractivity contribution in [3.05, 3.63) is 35.9 Å². The number of ketones is 1. The molecule has 1 aromatic carbocycles. The predicted molar refractivity (Wildman–Crippen MR) is 70.9 cm³/mol. The number of carbonyl (C=O) groups is 2. The molecule has 98 valence electrons. The normalized spacial score (nSPS) is 12.7. The zero-order valence-electron chi connectivity index (χ0n) is 11.1. The van der Waals surface area contributed by atoms with E-state index in [-0.39, 0.29) is 18.2 Å². The largest absolute Gasteiger partial charge is 0.369 e. The van der Waals surface area contributed by atoms with Gasteiger partial charge in [0, 0.05) is 5.92 Å². The average Bonchev–Trinajstić information content (AvgIpc) is 2.29. The van der Waals surface area contributed by atoms with E-state index in [1.54, 1.807) is 11.9 Å². The minimum Gasteiger partial charge on any atom is -0.369 e. The Balaban J connectivity index is 3.03. The van der Waals surface area contributed by atoms with Crippen molar-refractivity contribution in [2.24, 2.45) is 11.7 Å². The summed E-state index contributed by atoms with van der Waals surface area (Å²) in [7, 11) is 1.74. The standard InChI is InChI=1S/C14H20N2O2/c1-10(2)14(18)13(16(3)9-12(15)17)11-7-5-4-6-8-11/h4-8,10,13H,9H2,1-3H3,(H2,15,17). The third-order valence-corrected chi connectivity index (χ3v) is 2.80. The first-order valence-corrected chi connectivity index (χ1v) is 6.00. The molecule has 1 unspecified atom stereocenters. The number of benzene rings is 1. The summed E-state index contributed by atoms with van der Waals surface area (Å²) in [6.07, 6.45) is 0. The first kappa shape index (κ1) is 14.4. The van der Waals surface area contributed by atoms with E-state index in [9.17, 15) is 9.59 Å². The molecular formula is C14H20N2O2. The highest BCUT2D eigenvalue weighted by Crippen LogP contribution is 2.23. The van der Waals surface area contributed by atoms with Gasteiger partial charge in [-0.2, -0.15) is 0 Å². The number of primary amides is 1. The monoisotopic (exact) mass is 248 g/mol. The fourth-order valence-electron chi connectivity index (χ4n) is 1.92. The number of hydrogen-bond donors (Lipinski definition) is 1. The van der Waals surface area contributed by atoms with E-state index < -0.39 is 11.9 Å². The van der Waals surface area contributed by atoms with Crippen LogP contribution in [-0.2, 0) is 9.59 Å². The zero-order valence-corrected chi connectivity index (χ0v) is 11.1. The van der Waals surface area contributed by atoms with Crippen LogP contribution in [0, 0.1) is 5.92 Å². The lowest BCUT2D eigenvalue weighted by Gasteiger charge is -2.27. The van der Waals surface area contributed by atoms with Crippen molar-refractivity contribution in [2.45, 2.75) is 19.9 Å². The summed E-state index contributed by atoms with van der Waals surface area (Å²) in [6.45, 7) is 3.78. The Morgan fingerprint density at radius 2 is 1.78 bits per heavy atom. The average molecular weight is 248 g/mol. The van der Waals surface area contributed by atoms with Crippen molar-refractivity contribution in [1.29, 1.82) is 0 Å². The van der Waals surface area contributed by atoms with Gasteiger partial charge in [0.1, 0.15) is 0 Å². The molecule has 0 bridgehead atoms. The van der Waals surface area contributed by atoms with E-state index >= 15 is 0 Å². The lowest BCUT2D eigenvalue weighted by Crippen LogP contribution is -2.38. The van der Waals surface area contributed by atoms with Crippen LogP contribution in [0.1, 0.15) is 25.5 Å². The number of nitrogens with zero attached hydrogens (tertiary/aromatic N) is 1. The number of rotatable bonds is 6. The number of hydrogen-bond acceptors (Lipinski definition) is 3. The van der Waals surface area contributed by atoms with Gasteiger partial charge in [-0.25, -0.2) is 0 Å². The second kappa shape index (κ2) is 6.31. The molecule has 1 aromatic rings. The molecule has 2 N–H and O–H groups in total. The fraction of sp³-hybridized carbons (Fsp3) is 0.429. The van der Waals surface area contributed by atoms with Crippen LogP contribution in [-0.4, -0.2) is 30.2 Å². The first-order chi connectivity index (χ1) is 8.43. The van der Waals surface area contributed by atoms with Crippen LogP contribution < -0.4 is 5.73 Å². The highest BCUT2D eigenvalue weighted by molar-refractivity contribution is 5.87. The van der Waals surface area contributed by atoms with Gasteiger partial charge >= 0.3 is 0 Å². The lowest BCUT2D eigenvalue weighted by molar-refractivity contribution is -0.128. The van der Waals surface area contributed by atoms with Gasteiger partial charge < -0.3 is 5.73 Å². The number of nitrogens with two attached hydrogens (primary N) is 1. The van der Waals surface area contributed by atoms with Gasteiger partial charge in [0.25, 0.3) is 0 Å². The predicted octanol–water partition coefficient (Wildman–Crippen LogP) is 1.37. The molecule has 1 rings (SSSR count). The van der Waals surface area contributed by atoms with Crippen molar-refractivity contribution in [1.82, 2.24) is 4.90 Å². The smallest absolute Gasteiger partial charge is 0.231 e. The maximum Gasteiger partial charge on any atom is 0.231 e. The molecule has 0 aliphatic heterocycles. The number of Topliss-reactive ketones (excluding diaryl/α,β-unsaturated/α-hetero) is 1. The summed E-state index contributed by atoms with van der Waals surface area (Å²) in [6, 6.07) is 9.03. The molecule has 4 heteroatoms. The number of carbonyl (C=O) groups excluding carboxylic acids is 2. The Bertz CT molecular complexity index is 415. The van der Waals surface area contributed by atoms with E-state index in [2.05, 4.69) is 0 Å². The van der Waals surface area contributed by atoms with E-state index in [1.807, 2.05) is 44.2 Å². The third kappa shape index (κ3) is 3.67. The molecular weight excluding hydrogens is 228 g/mol. The molecule has 0 spiro atoms. The van der Waals surface area contributed by atoms with Crippen molar-refractivity contribution in [2.75, 3.05) is 13.6 Å². The van der Waals surface area contributed by atoms with Crippen LogP contribution in [0.4, 0.5) is 0 Å². The van der Waals surface area contributed by atoms with E-state index in [0.29, 0.717) is 0 Å². The molecule has 0 aromatic heterocycles. The Morgan fingerprint density at radius 1 is 1.22 bits per heavy atom. The summed E-state index contributed by atoms with van der Waals surface area (Å²) < 4.78 is 0. The van der Waals surface area contributed by atoms with Gasteiger partial charge in [-0.05, 0) is 12.6 Å². The molecule has 0 saturated carbocycles. The lowest BCUT2D eigenvalue weighted by atomic mass is 9.94. The molecule has 1 atom stereocenters. The molecule has 0 aliphatic carbocycles. The number of likely N-dealkylation sites (N-methyl/N-ethyl adjacent to an activating group) is 1. The Morgan fingerprint density at radius 3 is 2.22 bits per heavy atom. The highest BCUT2D eigenvalue weighted by atomic mass is 16.1. The van der Waals surface area contributed by atoms with Crippen LogP contribution in [0.25, 0.3) is 0 Å². The van der Waals surface area contributed by atoms with Crippen LogP contribution in [0.2, 0.25) is 0 Å². The second-order valence-corrected chi connectivity index (χ2v) is 4.75. The van der Waals surface area contributed by atoms with E-state index in [0.717, 1.165) is 5.56 Å². The summed E-state index contributed by atoms with van der Waals surface area (Å²) in [5.41, 5.74) is 6.08. The Labute approximate surface area is 108 Å². The SMILES string of the molecule is CC(C)C(=O)C(c1ccccc1)N(C)CC(N)=O. The maximum atomic E-state index is 12.3. The van der Waals surface area contributed by atoms with Crippen molar-refractivity contribution < 1.29 is 9.59 Å². The fourth-order valence-corrected chi connectivity index (χ4v) is 1.92. The Kier molecular flexibility index (Phi) is 5.04. The van der Waals surface area contributed by atoms with Crippen molar-refractivity contribution in [3.8, 4) is 0 Å². The molecule has 4 nitrogen and oxygen atoms in total. The van der Waals surface area contributed by atoms with Gasteiger partial charge in [-0.1, -0.05) is 44.2 Å². The topological polar surface area (TPSA) is 63.4 Å². The van der Waals surface area contributed by atoms with Crippen molar-refractivity contribution >= 4 is 11.7 Å².